The van der Waals surface area contributed by atoms with Gasteiger partial charge in [-0.05, 0) is 12.6 Å². The first-order valence-corrected chi connectivity index (χ1v) is 3.22. The molecule has 1 aliphatic carbocycles. The number of nitrogens with one attached hydrogen (secondary N) is 2. The first kappa shape index (κ1) is 6.78. The molecule has 0 aliphatic heterocycles. The Bertz CT molecular complexity index is 162. The summed E-state index contributed by atoms with van der Waals surface area (Å²) < 4.78 is 0. The highest BCUT2D eigenvalue weighted by atomic mass is 35.5. The molecule has 1 rings (SSSR count). The zero-order valence-electron chi connectivity index (χ0n) is 5.24. The third-order valence-electron chi connectivity index (χ3n) is 1.33. The molecule has 0 aromatic heterocycles. The summed E-state index contributed by atoms with van der Waals surface area (Å²) in [6.07, 6.45) is 1.99. The van der Waals surface area contributed by atoms with Gasteiger partial charge in [-0.15, -0.1) is 0 Å². The Morgan fingerprint density at radius 3 is 3.00 bits per heavy atom. The van der Waals surface area contributed by atoms with E-state index in [0.717, 1.165) is 6.54 Å². The van der Waals surface area contributed by atoms with Crippen molar-refractivity contribution in [2.75, 3.05) is 13.6 Å². The molecule has 0 aromatic rings. The lowest BCUT2D eigenvalue weighted by Crippen LogP contribution is -2.08. The van der Waals surface area contributed by atoms with Crippen molar-refractivity contribution in [2.24, 2.45) is 5.92 Å². The number of rotatable bonds is 3. The minimum Gasteiger partial charge on any atom is -0.316 e. The van der Waals surface area contributed by atoms with Crippen LogP contribution in [0.1, 0.15) is 0 Å². The van der Waals surface area contributed by atoms with Crippen LogP contribution in [0.2, 0.25) is 0 Å². The molecule has 0 saturated heterocycles. The first-order valence-electron chi connectivity index (χ1n) is 2.85. The smallest absolute Gasteiger partial charge is 0.108 e. The van der Waals surface area contributed by atoms with E-state index < -0.39 is 0 Å². The van der Waals surface area contributed by atoms with Gasteiger partial charge in [0.25, 0.3) is 0 Å². The summed E-state index contributed by atoms with van der Waals surface area (Å²) in [4.78, 5) is 0. The van der Waals surface area contributed by atoms with E-state index in [1.54, 1.807) is 0 Å². The number of hydrogen-bond acceptors (Lipinski definition) is 2. The molecule has 0 radical (unpaired) electrons. The average Bonchev–Trinajstić information content (AvgIpc) is 2.47. The maximum atomic E-state index is 7.01. The summed E-state index contributed by atoms with van der Waals surface area (Å²) in [6.45, 7) is 0.861. The lowest BCUT2D eigenvalue weighted by atomic mass is 10.3. The van der Waals surface area contributed by atoms with E-state index in [1.807, 2.05) is 13.1 Å². The Morgan fingerprint density at radius 1 is 2.00 bits per heavy atom. The summed E-state index contributed by atoms with van der Waals surface area (Å²) in [7, 11) is 1.88. The van der Waals surface area contributed by atoms with Gasteiger partial charge in [-0.3, -0.25) is 5.41 Å². The molecular formula is C6H9ClN2. The van der Waals surface area contributed by atoms with E-state index >= 15 is 0 Å². The van der Waals surface area contributed by atoms with Crippen LogP contribution in [-0.4, -0.2) is 18.8 Å². The molecule has 2 nitrogen and oxygen atoms in total. The average molecular weight is 145 g/mol. The van der Waals surface area contributed by atoms with Crippen molar-refractivity contribution in [3.05, 3.63) is 11.6 Å². The van der Waals surface area contributed by atoms with Gasteiger partial charge in [0.2, 0.25) is 0 Å². The molecule has 0 amide bonds. The van der Waals surface area contributed by atoms with Gasteiger partial charge >= 0.3 is 0 Å². The summed E-state index contributed by atoms with van der Waals surface area (Å²) >= 11 is 5.41. The van der Waals surface area contributed by atoms with E-state index in [9.17, 15) is 0 Å². The second-order valence-electron chi connectivity index (χ2n) is 2.10. The predicted octanol–water partition coefficient (Wildman–Crippen LogP) is 0.978. The highest BCUT2D eigenvalue weighted by Gasteiger charge is 2.26. The molecule has 3 heteroatoms. The van der Waals surface area contributed by atoms with Crippen LogP contribution in [0.5, 0.6) is 0 Å². The summed E-state index contributed by atoms with van der Waals surface area (Å²) in [5.41, 5.74) is 1.23. The zero-order valence-corrected chi connectivity index (χ0v) is 6.00. The van der Waals surface area contributed by atoms with Gasteiger partial charge in [-0.1, -0.05) is 17.7 Å². The van der Waals surface area contributed by atoms with E-state index in [2.05, 4.69) is 5.32 Å². The Hall–Kier alpha value is -0.340. The molecule has 1 unspecified atom stereocenters. The Morgan fingerprint density at radius 2 is 2.67 bits per heavy atom. The SMILES string of the molecule is CNCC1=CC1C(=N)Cl. The fourth-order valence-corrected chi connectivity index (χ4v) is 0.978. The molecular weight excluding hydrogens is 136 g/mol. The number of halogens is 1. The van der Waals surface area contributed by atoms with Crippen molar-refractivity contribution in [2.45, 2.75) is 0 Å². The third-order valence-corrected chi connectivity index (χ3v) is 1.56. The molecule has 0 bridgehead atoms. The van der Waals surface area contributed by atoms with Gasteiger partial charge in [-0.2, -0.15) is 0 Å². The molecule has 50 valence electrons. The number of hydrogen-bond donors (Lipinski definition) is 2. The van der Waals surface area contributed by atoms with E-state index in [0.29, 0.717) is 0 Å². The van der Waals surface area contributed by atoms with Crippen molar-refractivity contribution in [3.63, 3.8) is 0 Å². The number of allylic oxidation sites excluding steroid dienone is 1. The molecule has 9 heavy (non-hydrogen) atoms. The normalized spacial score (nSPS) is 23.3. The van der Waals surface area contributed by atoms with Crippen LogP contribution in [0.3, 0.4) is 0 Å². The maximum Gasteiger partial charge on any atom is 0.108 e. The van der Waals surface area contributed by atoms with Crippen LogP contribution >= 0.6 is 11.6 Å². The highest BCUT2D eigenvalue weighted by molar-refractivity contribution is 6.66. The van der Waals surface area contributed by atoms with Crippen LogP contribution in [-0.2, 0) is 0 Å². The van der Waals surface area contributed by atoms with Crippen molar-refractivity contribution >= 4 is 16.8 Å². The minimum absolute atomic E-state index is 0.166. The van der Waals surface area contributed by atoms with Gasteiger partial charge in [-0.25, -0.2) is 0 Å². The monoisotopic (exact) mass is 144 g/mol. The first-order chi connectivity index (χ1) is 4.25. The van der Waals surface area contributed by atoms with Crippen molar-refractivity contribution in [1.82, 2.24) is 5.32 Å². The maximum absolute atomic E-state index is 7.01. The molecule has 0 heterocycles. The fourth-order valence-electron chi connectivity index (χ4n) is 0.775. The quantitative estimate of drug-likeness (QED) is 0.450. The molecule has 0 fully saturated rings. The fraction of sp³-hybridized carbons (Fsp3) is 0.500. The standard InChI is InChI=1S/C6H9ClN2/c1-9-3-4-2-5(4)6(7)8/h2,5,8-9H,3H2,1H3. The Labute approximate surface area is 59.4 Å². The highest BCUT2D eigenvalue weighted by Crippen LogP contribution is 2.29. The van der Waals surface area contributed by atoms with Crippen molar-refractivity contribution in [3.8, 4) is 0 Å². The van der Waals surface area contributed by atoms with E-state index in [1.165, 1.54) is 5.57 Å². The van der Waals surface area contributed by atoms with Gasteiger partial charge in [0.15, 0.2) is 0 Å². The molecule has 0 aromatic carbocycles. The largest absolute Gasteiger partial charge is 0.316 e. The predicted molar refractivity (Wildman–Crippen MR) is 39.1 cm³/mol. The van der Waals surface area contributed by atoms with Crippen LogP contribution in [0.15, 0.2) is 11.6 Å². The van der Waals surface area contributed by atoms with E-state index in [-0.39, 0.29) is 11.1 Å². The third kappa shape index (κ3) is 1.53. The van der Waals surface area contributed by atoms with Gasteiger partial charge in [0.1, 0.15) is 5.17 Å². The summed E-state index contributed by atoms with van der Waals surface area (Å²) in [5.74, 6) is 0.166. The molecule has 1 aliphatic rings. The second-order valence-corrected chi connectivity index (χ2v) is 2.50. The zero-order chi connectivity index (χ0) is 6.85. The van der Waals surface area contributed by atoms with Crippen LogP contribution < -0.4 is 5.32 Å². The van der Waals surface area contributed by atoms with Crippen molar-refractivity contribution < 1.29 is 0 Å². The van der Waals surface area contributed by atoms with Crippen LogP contribution in [0.25, 0.3) is 0 Å². The molecule has 2 N–H and O–H groups in total. The molecule has 1 atom stereocenters. The van der Waals surface area contributed by atoms with Gasteiger partial charge in [0.05, 0.1) is 5.92 Å². The van der Waals surface area contributed by atoms with E-state index in [4.69, 9.17) is 17.0 Å². The van der Waals surface area contributed by atoms with Crippen molar-refractivity contribution in [1.29, 1.82) is 5.41 Å². The molecule has 0 spiro atoms. The lowest BCUT2D eigenvalue weighted by molar-refractivity contribution is 0.883. The van der Waals surface area contributed by atoms with Crippen LogP contribution in [0, 0.1) is 11.3 Å². The Balaban J connectivity index is 2.22. The summed E-state index contributed by atoms with van der Waals surface area (Å²) in [5, 5.41) is 10.2. The Kier molecular flexibility index (Phi) is 1.88. The summed E-state index contributed by atoms with van der Waals surface area (Å²) in [6, 6.07) is 0. The van der Waals surface area contributed by atoms with Crippen LogP contribution in [0.4, 0.5) is 0 Å². The number of likely N-dealkylation sites (N-methyl/N-ethyl adjacent to an activating group) is 1. The molecule has 0 saturated carbocycles. The second kappa shape index (κ2) is 2.50. The van der Waals surface area contributed by atoms with Gasteiger partial charge < -0.3 is 5.32 Å². The van der Waals surface area contributed by atoms with Gasteiger partial charge in [0, 0.05) is 6.54 Å². The minimum atomic E-state index is 0.166. The lowest BCUT2D eigenvalue weighted by Gasteiger charge is -1.93. The topological polar surface area (TPSA) is 35.9 Å².